The zero-order valence-electron chi connectivity index (χ0n) is 9.75. The van der Waals surface area contributed by atoms with Crippen molar-refractivity contribution in [2.75, 3.05) is 7.11 Å². The van der Waals surface area contributed by atoms with Crippen LogP contribution in [0.15, 0.2) is 47.1 Å². The number of aromatic nitrogens is 3. The van der Waals surface area contributed by atoms with E-state index in [0.29, 0.717) is 11.7 Å². The van der Waals surface area contributed by atoms with Crippen molar-refractivity contribution in [1.82, 2.24) is 15.1 Å². The normalized spacial score (nSPS) is 10.5. The molecule has 90 valence electrons. The molecule has 0 amide bonds. The number of nitrogens with one attached hydrogen (secondary N) is 1. The van der Waals surface area contributed by atoms with Gasteiger partial charge in [-0.2, -0.15) is 4.98 Å². The van der Waals surface area contributed by atoms with Crippen LogP contribution in [0.5, 0.6) is 5.75 Å². The first-order valence-electron chi connectivity index (χ1n) is 5.49. The largest absolute Gasteiger partial charge is 0.496 e. The van der Waals surface area contributed by atoms with Crippen molar-refractivity contribution in [3.63, 3.8) is 0 Å². The van der Waals surface area contributed by atoms with Crippen LogP contribution in [0.3, 0.4) is 0 Å². The van der Waals surface area contributed by atoms with Gasteiger partial charge in [0.25, 0.3) is 5.89 Å². The third kappa shape index (κ3) is 1.75. The Morgan fingerprint density at radius 3 is 2.83 bits per heavy atom. The van der Waals surface area contributed by atoms with Crippen molar-refractivity contribution in [2.45, 2.75) is 0 Å². The highest BCUT2D eigenvalue weighted by atomic mass is 16.5. The molecule has 0 fully saturated rings. The van der Waals surface area contributed by atoms with E-state index in [2.05, 4.69) is 15.1 Å². The number of H-pyrrole nitrogens is 1. The smallest absolute Gasteiger partial charge is 0.274 e. The van der Waals surface area contributed by atoms with Crippen LogP contribution < -0.4 is 4.74 Å². The molecule has 0 aliphatic rings. The average molecular weight is 241 g/mol. The molecule has 0 unspecified atom stereocenters. The van der Waals surface area contributed by atoms with Gasteiger partial charge < -0.3 is 14.2 Å². The molecule has 0 spiro atoms. The van der Waals surface area contributed by atoms with Gasteiger partial charge in [-0.15, -0.1) is 0 Å². The Hall–Kier alpha value is -2.56. The summed E-state index contributed by atoms with van der Waals surface area (Å²) >= 11 is 0. The SMILES string of the molecule is COc1ccccc1-c1noc(-c2ccc[nH]2)n1. The number of para-hydroxylation sites is 1. The van der Waals surface area contributed by atoms with Gasteiger partial charge in [0.2, 0.25) is 5.82 Å². The monoisotopic (exact) mass is 241 g/mol. The van der Waals surface area contributed by atoms with Crippen molar-refractivity contribution >= 4 is 0 Å². The first-order valence-corrected chi connectivity index (χ1v) is 5.49. The average Bonchev–Trinajstić information content (AvgIpc) is 3.09. The molecule has 5 nitrogen and oxygen atoms in total. The predicted molar refractivity (Wildman–Crippen MR) is 66.1 cm³/mol. The van der Waals surface area contributed by atoms with E-state index in [1.165, 1.54) is 0 Å². The van der Waals surface area contributed by atoms with E-state index in [9.17, 15) is 0 Å². The molecule has 5 heteroatoms. The summed E-state index contributed by atoms with van der Waals surface area (Å²) in [6, 6.07) is 11.3. The van der Waals surface area contributed by atoms with Crippen LogP contribution in [0.2, 0.25) is 0 Å². The standard InChI is InChI=1S/C13H11N3O2/c1-17-11-7-3-2-5-9(11)12-15-13(18-16-12)10-6-4-8-14-10/h2-8,14H,1H3. The van der Waals surface area contributed by atoms with E-state index < -0.39 is 0 Å². The van der Waals surface area contributed by atoms with Crippen LogP contribution >= 0.6 is 0 Å². The molecule has 0 saturated carbocycles. The van der Waals surface area contributed by atoms with Gasteiger partial charge in [0.15, 0.2) is 0 Å². The van der Waals surface area contributed by atoms with E-state index in [1.54, 1.807) is 7.11 Å². The molecular weight excluding hydrogens is 230 g/mol. The summed E-state index contributed by atoms with van der Waals surface area (Å²) in [5, 5.41) is 3.96. The second kappa shape index (κ2) is 4.37. The summed E-state index contributed by atoms with van der Waals surface area (Å²) in [7, 11) is 1.62. The van der Waals surface area contributed by atoms with E-state index in [1.807, 2.05) is 42.6 Å². The maximum atomic E-state index is 5.27. The predicted octanol–water partition coefficient (Wildman–Crippen LogP) is 2.74. The summed E-state index contributed by atoms with van der Waals surface area (Å²) < 4.78 is 10.5. The fourth-order valence-electron chi connectivity index (χ4n) is 1.74. The highest BCUT2D eigenvalue weighted by Gasteiger charge is 2.13. The molecule has 0 aliphatic heterocycles. The van der Waals surface area contributed by atoms with E-state index in [4.69, 9.17) is 9.26 Å². The molecular formula is C13H11N3O2. The molecule has 3 rings (SSSR count). The summed E-state index contributed by atoms with van der Waals surface area (Å²) in [4.78, 5) is 7.36. The van der Waals surface area contributed by atoms with Gasteiger partial charge in [0, 0.05) is 6.20 Å². The van der Waals surface area contributed by atoms with E-state index >= 15 is 0 Å². The van der Waals surface area contributed by atoms with Crippen molar-refractivity contribution in [3.05, 3.63) is 42.6 Å². The van der Waals surface area contributed by atoms with Gasteiger partial charge in [-0.1, -0.05) is 17.3 Å². The third-order valence-corrected chi connectivity index (χ3v) is 2.60. The Morgan fingerprint density at radius 2 is 2.06 bits per heavy atom. The molecule has 0 aliphatic carbocycles. The molecule has 0 atom stereocenters. The van der Waals surface area contributed by atoms with E-state index in [0.717, 1.165) is 17.0 Å². The number of nitrogens with zero attached hydrogens (tertiary/aromatic N) is 2. The van der Waals surface area contributed by atoms with Crippen LogP contribution in [0.4, 0.5) is 0 Å². The minimum absolute atomic E-state index is 0.459. The van der Waals surface area contributed by atoms with Gasteiger partial charge in [0.05, 0.1) is 12.7 Å². The van der Waals surface area contributed by atoms with Crippen molar-refractivity contribution in [1.29, 1.82) is 0 Å². The quantitative estimate of drug-likeness (QED) is 0.765. The molecule has 0 saturated heterocycles. The second-order valence-corrected chi connectivity index (χ2v) is 3.71. The van der Waals surface area contributed by atoms with Crippen LogP contribution in [0.1, 0.15) is 0 Å². The third-order valence-electron chi connectivity index (χ3n) is 2.60. The number of methoxy groups -OCH3 is 1. The lowest BCUT2D eigenvalue weighted by atomic mass is 10.2. The molecule has 1 N–H and O–H groups in total. The molecule has 0 bridgehead atoms. The van der Waals surface area contributed by atoms with Gasteiger partial charge >= 0.3 is 0 Å². The van der Waals surface area contributed by atoms with Crippen LogP contribution in [-0.2, 0) is 0 Å². The minimum Gasteiger partial charge on any atom is -0.496 e. The van der Waals surface area contributed by atoms with E-state index in [-0.39, 0.29) is 0 Å². The number of ether oxygens (including phenoxy) is 1. The Balaban J connectivity index is 2.03. The number of hydrogen-bond acceptors (Lipinski definition) is 4. The Bertz CT molecular complexity index is 644. The summed E-state index contributed by atoms with van der Waals surface area (Å²) in [5.74, 6) is 1.69. The Kier molecular flexibility index (Phi) is 2.57. The first kappa shape index (κ1) is 10.6. The maximum absolute atomic E-state index is 5.27. The van der Waals surface area contributed by atoms with Crippen LogP contribution in [-0.4, -0.2) is 22.2 Å². The number of hydrogen-bond donors (Lipinski definition) is 1. The fraction of sp³-hybridized carbons (Fsp3) is 0.0769. The van der Waals surface area contributed by atoms with Gasteiger partial charge in [0.1, 0.15) is 11.4 Å². The number of rotatable bonds is 3. The molecule has 1 aromatic carbocycles. The highest BCUT2D eigenvalue weighted by Crippen LogP contribution is 2.28. The van der Waals surface area contributed by atoms with Crippen LogP contribution in [0.25, 0.3) is 23.0 Å². The minimum atomic E-state index is 0.459. The maximum Gasteiger partial charge on any atom is 0.274 e. The highest BCUT2D eigenvalue weighted by molar-refractivity contribution is 5.65. The van der Waals surface area contributed by atoms with Crippen molar-refractivity contribution < 1.29 is 9.26 Å². The lowest BCUT2D eigenvalue weighted by Gasteiger charge is -2.02. The lowest BCUT2D eigenvalue weighted by molar-refractivity contribution is 0.413. The summed E-state index contributed by atoms with van der Waals surface area (Å²) in [6.45, 7) is 0. The fourth-order valence-corrected chi connectivity index (χ4v) is 1.74. The molecule has 0 radical (unpaired) electrons. The van der Waals surface area contributed by atoms with Gasteiger partial charge in [-0.3, -0.25) is 0 Å². The number of benzene rings is 1. The molecule has 2 aromatic heterocycles. The van der Waals surface area contributed by atoms with Gasteiger partial charge in [-0.25, -0.2) is 0 Å². The number of aromatic amines is 1. The molecule has 3 aromatic rings. The van der Waals surface area contributed by atoms with Crippen molar-refractivity contribution in [2.24, 2.45) is 0 Å². The van der Waals surface area contributed by atoms with Crippen molar-refractivity contribution in [3.8, 4) is 28.7 Å². The molecule has 18 heavy (non-hydrogen) atoms. The van der Waals surface area contributed by atoms with Gasteiger partial charge in [-0.05, 0) is 24.3 Å². The summed E-state index contributed by atoms with van der Waals surface area (Å²) in [6.07, 6.45) is 1.81. The zero-order chi connectivity index (χ0) is 12.4. The lowest BCUT2D eigenvalue weighted by Crippen LogP contribution is -1.88. The Morgan fingerprint density at radius 1 is 1.17 bits per heavy atom. The molecule has 2 heterocycles. The van der Waals surface area contributed by atoms with Crippen LogP contribution in [0, 0.1) is 0 Å². The Labute approximate surface area is 103 Å². The first-order chi connectivity index (χ1) is 8.88. The topological polar surface area (TPSA) is 63.9 Å². The second-order valence-electron chi connectivity index (χ2n) is 3.71. The zero-order valence-corrected chi connectivity index (χ0v) is 9.75. The summed E-state index contributed by atoms with van der Waals surface area (Å²) in [5.41, 5.74) is 1.60.